The molecule has 0 bridgehead atoms. The first kappa shape index (κ1) is 15.8. The second-order valence-corrected chi connectivity index (χ2v) is 6.94. The molecule has 2 aliphatic rings. The number of nitrogens with one attached hydrogen (secondary N) is 1. The molecule has 1 fully saturated rings. The Morgan fingerprint density at radius 3 is 2.91 bits per heavy atom. The summed E-state index contributed by atoms with van der Waals surface area (Å²) in [5.41, 5.74) is 6.98. The van der Waals surface area contributed by atoms with E-state index in [1.54, 1.807) is 6.07 Å². The number of ether oxygens (including phenoxy) is 1. The van der Waals surface area contributed by atoms with Crippen LogP contribution < -0.4 is 11.1 Å². The lowest BCUT2D eigenvalue weighted by Crippen LogP contribution is -2.48. The molecule has 0 radical (unpaired) electrons. The predicted octanol–water partition coefficient (Wildman–Crippen LogP) is 2.23. The van der Waals surface area contributed by atoms with Crippen molar-refractivity contribution in [1.82, 2.24) is 5.32 Å². The normalized spacial score (nSPS) is 23.6. The van der Waals surface area contributed by atoms with Crippen LogP contribution >= 0.6 is 11.8 Å². The summed E-state index contributed by atoms with van der Waals surface area (Å²) in [6.07, 6.45) is 2.44. The lowest BCUT2D eigenvalue weighted by atomic mass is 9.91. The van der Waals surface area contributed by atoms with Crippen molar-refractivity contribution in [3.8, 4) is 0 Å². The van der Waals surface area contributed by atoms with Gasteiger partial charge >= 0.3 is 0 Å². The van der Waals surface area contributed by atoms with Crippen LogP contribution in [0, 0.1) is 11.7 Å². The third-order valence-corrected chi connectivity index (χ3v) is 5.58. The predicted molar refractivity (Wildman–Crippen MR) is 84.1 cm³/mol. The van der Waals surface area contributed by atoms with Gasteiger partial charge in [-0.25, -0.2) is 4.39 Å². The minimum absolute atomic E-state index is 0.140. The van der Waals surface area contributed by atoms with E-state index in [0.717, 1.165) is 30.6 Å². The van der Waals surface area contributed by atoms with Crippen molar-refractivity contribution in [2.75, 3.05) is 19.0 Å². The van der Waals surface area contributed by atoms with Gasteiger partial charge in [0.15, 0.2) is 0 Å². The molecule has 3 rings (SSSR count). The van der Waals surface area contributed by atoms with Crippen molar-refractivity contribution in [3.63, 3.8) is 0 Å². The van der Waals surface area contributed by atoms with Gasteiger partial charge in [-0.05, 0) is 36.8 Å². The van der Waals surface area contributed by atoms with Crippen molar-refractivity contribution in [2.24, 2.45) is 11.7 Å². The van der Waals surface area contributed by atoms with Crippen LogP contribution in [-0.2, 0) is 9.53 Å². The number of fused-ring (bicyclic) bond motifs is 1. The molecular weight excluding hydrogens is 303 g/mol. The fourth-order valence-corrected chi connectivity index (χ4v) is 4.23. The molecule has 1 amide bonds. The molecule has 2 heterocycles. The molecule has 0 aromatic heterocycles. The maximum absolute atomic E-state index is 13.9. The third kappa shape index (κ3) is 3.29. The van der Waals surface area contributed by atoms with Crippen molar-refractivity contribution < 1.29 is 13.9 Å². The molecule has 4 nitrogen and oxygen atoms in total. The molecular formula is C16H21FN2O2S. The minimum atomic E-state index is -0.518. The van der Waals surface area contributed by atoms with Crippen LogP contribution in [0.4, 0.5) is 4.39 Å². The Hall–Kier alpha value is -1.11. The van der Waals surface area contributed by atoms with E-state index in [1.165, 1.54) is 17.8 Å². The zero-order chi connectivity index (χ0) is 15.5. The fraction of sp³-hybridized carbons (Fsp3) is 0.562. The minimum Gasteiger partial charge on any atom is -0.381 e. The van der Waals surface area contributed by atoms with Crippen LogP contribution in [0.2, 0.25) is 0 Å². The Labute approximate surface area is 134 Å². The van der Waals surface area contributed by atoms with Crippen LogP contribution in [0.3, 0.4) is 0 Å². The number of amides is 1. The number of rotatable bonds is 3. The largest absolute Gasteiger partial charge is 0.381 e. The molecule has 3 N–H and O–H groups in total. The van der Waals surface area contributed by atoms with Crippen molar-refractivity contribution in [3.05, 3.63) is 29.6 Å². The summed E-state index contributed by atoms with van der Waals surface area (Å²) in [6.45, 7) is 1.33. The Balaban J connectivity index is 1.68. The van der Waals surface area contributed by atoms with Crippen molar-refractivity contribution in [1.29, 1.82) is 0 Å². The van der Waals surface area contributed by atoms with E-state index in [2.05, 4.69) is 5.32 Å². The Morgan fingerprint density at radius 1 is 1.36 bits per heavy atom. The molecule has 120 valence electrons. The molecule has 22 heavy (non-hydrogen) atoms. The van der Waals surface area contributed by atoms with Crippen LogP contribution in [0.25, 0.3) is 0 Å². The van der Waals surface area contributed by atoms with E-state index in [1.807, 2.05) is 6.07 Å². The Kier molecular flexibility index (Phi) is 5.00. The Bertz CT molecular complexity index is 549. The van der Waals surface area contributed by atoms with Crippen LogP contribution in [0.1, 0.15) is 30.9 Å². The molecule has 1 aromatic rings. The highest BCUT2D eigenvalue weighted by atomic mass is 32.2. The van der Waals surface area contributed by atoms with Gasteiger partial charge in [0.2, 0.25) is 5.91 Å². The van der Waals surface area contributed by atoms with Gasteiger partial charge in [-0.3, -0.25) is 4.79 Å². The number of carbonyl (C=O) groups is 1. The number of thioether (sulfide) groups is 1. The molecule has 0 spiro atoms. The zero-order valence-electron chi connectivity index (χ0n) is 12.4. The van der Waals surface area contributed by atoms with Crippen molar-refractivity contribution in [2.45, 2.75) is 36.2 Å². The Morgan fingerprint density at radius 2 is 2.14 bits per heavy atom. The summed E-state index contributed by atoms with van der Waals surface area (Å²) in [4.78, 5) is 13.1. The summed E-state index contributed by atoms with van der Waals surface area (Å²) in [7, 11) is 0. The number of nitrogens with two attached hydrogens (primary N) is 1. The van der Waals surface area contributed by atoms with Gasteiger partial charge in [-0.1, -0.05) is 12.1 Å². The standard InChI is InChI=1S/C16H21FN2O2S/c17-12-3-1-2-11-13(6-9-22-15(11)12)19-16(20)14(18)10-4-7-21-8-5-10/h1-3,10,13-14H,4-9,18H2,(H,19,20). The van der Waals surface area contributed by atoms with E-state index in [-0.39, 0.29) is 23.7 Å². The van der Waals surface area contributed by atoms with E-state index in [9.17, 15) is 9.18 Å². The molecule has 1 saturated heterocycles. The maximum atomic E-state index is 13.9. The smallest absolute Gasteiger partial charge is 0.237 e. The SMILES string of the molecule is NC(C(=O)NC1CCSc2c(F)cccc21)C1CCOCC1. The van der Waals surface area contributed by atoms with Gasteiger partial charge in [0, 0.05) is 23.9 Å². The van der Waals surface area contributed by atoms with Crippen molar-refractivity contribution >= 4 is 17.7 Å². The number of halogens is 1. The van der Waals surface area contributed by atoms with E-state index < -0.39 is 6.04 Å². The first-order valence-electron chi connectivity index (χ1n) is 7.71. The lowest BCUT2D eigenvalue weighted by molar-refractivity contribution is -0.125. The topological polar surface area (TPSA) is 64.4 Å². The van der Waals surface area contributed by atoms with Gasteiger partial charge < -0.3 is 15.8 Å². The average molecular weight is 324 g/mol. The monoisotopic (exact) mass is 324 g/mol. The quantitative estimate of drug-likeness (QED) is 0.895. The summed E-state index contributed by atoms with van der Waals surface area (Å²) in [5, 5.41) is 3.01. The molecule has 0 aliphatic carbocycles. The summed E-state index contributed by atoms with van der Waals surface area (Å²) in [5.74, 6) is 0.610. The second-order valence-electron chi connectivity index (χ2n) is 5.83. The van der Waals surface area contributed by atoms with E-state index in [0.29, 0.717) is 18.1 Å². The molecule has 2 atom stereocenters. The lowest BCUT2D eigenvalue weighted by Gasteiger charge is -2.30. The van der Waals surface area contributed by atoms with Crippen LogP contribution in [-0.4, -0.2) is 30.9 Å². The zero-order valence-corrected chi connectivity index (χ0v) is 13.2. The molecule has 0 saturated carbocycles. The molecule has 2 unspecified atom stereocenters. The summed E-state index contributed by atoms with van der Waals surface area (Å²) >= 11 is 1.51. The maximum Gasteiger partial charge on any atom is 0.237 e. The van der Waals surface area contributed by atoms with Gasteiger partial charge in [-0.15, -0.1) is 11.8 Å². The van der Waals surface area contributed by atoms with Gasteiger partial charge in [0.05, 0.1) is 12.1 Å². The van der Waals surface area contributed by atoms with Gasteiger partial charge in [0.1, 0.15) is 5.82 Å². The summed E-state index contributed by atoms with van der Waals surface area (Å²) < 4.78 is 19.2. The van der Waals surface area contributed by atoms with Gasteiger partial charge in [-0.2, -0.15) is 0 Å². The summed E-state index contributed by atoms with van der Waals surface area (Å²) in [6, 6.07) is 4.37. The van der Waals surface area contributed by atoms with E-state index >= 15 is 0 Å². The third-order valence-electron chi connectivity index (χ3n) is 4.42. The fourth-order valence-electron chi connectivity index (χ4n) is 3.09. The number of carbonyl (C=O) groups excluding carboxylic acids is 1. The number of hydrogen-bond acceptors (Lipinski definition) is 4. The van der Waals surface area contributed by atoms with Gasteiger partial charge in [0.25, 0.3) is 0 Å². The molecule has 6 heteroatoms. The van der Waals surface area contributed by atoms with Crippen LogP contribution in [0.15, 0.2) is 23.1 Å². The number of benzene rings is 1. The first-order chi connectivity index (χ1) is 10.7. The highest BCUT2D eigenvalue weighted by molar-refractivity contribution is 7.99. The van der Waals surface area contributed by atoms with E-state index in [4.69, 9.17) is 10.5 Å². The number of hydrogen-bond donors (Lipinski definition) is 2. The molecule has 2 aliphatic heterocycles. The first-order valence-corrected chi connectivity index (χ1v) is 8.70. The second kappa shape index (κ2) is 6.98. The highest BCUT2D eigenvalue weighted by Gasteiger charge is 2.30. The average Bonchev–Trinajstić information content (AvgIpc) is 2.56. The molecule has 1 aromatic carbocycles. The van der Waals surface area contributed by atoms with Crippen LogP contribution in [0.5, 0.6) is 0 Å². The highest BCUT2D eigenvalue weighted by Crippen LogP contribution is 2.37.